The number of amides is 1. The van der Waals surface area contributed by atoms with Crippen molar-refractivity contribution in [2.24, 2.45) is 5.41 Å². The van der Waals surface area contributed by atoms with Crippen molar-refractivity contribution in [3.05, 3.63) is 28.7 Å². The highest BCUT2D eigenvalue weighted by atomic mass is 79.9. The largest absolute Gasteiger partial charge is 0.550 e. The van der Waals surface area contributed by atoms with Gasteiger partial charge >= 0.3 is 0 Å². The summed E-state index contributed by atoms with van der Waals surface area (Å²) in [4.78, 5) is 23.2. The zero-order valence-electron chi connectivity index (χ0n) is 11.9. The second-order valence-corrected chi connectivity index (χ2v) is 6.76. The fraction of sp³-hybridized carbons (Fsp3) is 0.500. The maximum Gasteiger partial charge on any atom is 0.224 e. The summed E-state index contributed by atoms with van der Waals surface area (Å²) in [5, 5.41) is 13.8. The molecule has 1 aromatic carbocycles. The molecule has 1 aliphatic carbocycles. The number of hydrogen-bond acceptors (Lipinski definition) is 3. The molecule has 0 unspecified atom stereocenters. The molecular formula is C16H19BrNO3-. The molecule has 1 aromatic rings. The van der Waals surface area contributed by atoms with Gasteiger partial charge in [0.2, 0.25) is 5.91 Å². The van der Waals surface area contributed by atoms with Crippen molar-refractivity contribution < 1.29 is 14.7 Å². The van der Waals surface area contributed by atoms with Crippen LogP contribution in [0.25, 0.3) is 0 Å². The van der Waals surface area contributed by atoms with Crippen molar-refractivity contribution in [2.45, 2.75) is 44.9 Å². The van der Waals surface area contributed by atoms with Gasteiger partial charge in [-0.1, -0.05) is 35.2 Å². The highest BCUT2D eigenvalue weighted by molar-refractivity contribution is 9.10. The number of aliphatic carboxylic acids is 1. The Bertz CT molecular complexity index is 507. The van der Waals surface area contributed by atoms with Gasteiger partial charge < -0.3 is 15.2 Å². The monoisotopic (exact) mass is 352 g/mol. The van der Waals surface area contributed by atoms with E-state index in [1.54, 1.807) is 0 Å². The Hall–Kier alpha value is -1.36. The second kappa shape index (κ2) is 7.07. The molecule has 1 saturated carbocycles. The molecule has 1 fully saturated rings. The number of carbonyl (C=O) groups excluding carboxylic acids is 2. The maximum atomic E-state index is 12.2. The zero-order valence-corrected chi connectivity index (χ0v) is 13.4. The van der Waals surface area contributed by atoms with Crippen molar-refractivity contribution in [3.8, 4) is 0 Å². The first kappa shape index (κ1) is 16.0. The summed E-state index contributed by atoms with van der Waals surface area (Å²) >= 11 is 3.34. The van der Waals surface area contributed by atoms with Crippen molar-refractivity contribution in [2.75, 3.05) is 5.32 Å². The van der Waals surface area contributed by atoms with E-state index in [4.69, 9.17) is 0 Å². The van der Waals surface area contributed by atoms with Crippen LogP contribution in [0.3, 0.4) is 0 Å². The Morgan fingerprint density at radius 3 is 2.29 bits per heavy atom. The van der Waals surface area contributed by atoms with E-state index < -0.39 is 11.4 Å². The molecule has 0 bridgehead atoms. The number of halogens is 1. The first-order chi connectivity index (χ1) is 9.99. The van der Waals surface area contributed by atoms with Crippen LogP contribution in [-0.2, 0) is 9.59 Å². The van der Waals surface area contributed by atoms with E-state index in [1.807, 2.05) is 24.3 Å². The standard InChI is InChI=1S/C16H20BrNO3/c17-12-4-6-13(7-5-12)18-14(19)10-16(11-15(20)21)8-2-1-3-9-16/h4-7H,1-3,8-11H2,(H,18,19)(H,20,21)/p-1. The maximum absolute atomic E-state index is 12.2. The first-order valence-electron chi connectivity index (χ1n) is 7.24. The molecule has 0 aliphatic heterocycles. The van der Waals surface area contributed by atoms with Crippen LogP contribution >= 0.6 is 15.9 Å². The lowest BCUT2D eigenvalue weighted by Gasteiger charge is -2.37. The molecule has 5 heteroatoms. The molecule has 0 saturated heterocycles. The van der Waals surface area contributed by atoms with Gasteiger partial charge in [0.1, 0.15) is 0 Å². The van der Waals surface area contributed by atoms with E-state index >= 15 is 0 Å². The van der Waals surface area contributed by atoms with Gasteiger partial charge in [0.15, 0.2) is 0 Å². The third-order valence-corrected chi connectivity index (χ3v) is 4.63. The van der Waals surface area contributed by atoms with E-state index in [9.17, 15) is 14.7 Å². The van der Waals surface area contributed by atoms with Gasteiger partial charge in [0.05, 0.1) is 0 Å². The molecule has 0 heterocycles. The SMILES string of the molecule is O=C([O-])CC1(CC(=O)Nc2ccc(Br)cc2)CCCCC1. The Balaban J connectivity index is 2.00. The van der Waals surface area contributed by atoms with Gasteiger partial charge in [-0.3, -0.25) is 4.79 Å². The summed E-state index contributed by atoms with van der Waals surface area (Å²) in [7, 11) is 0. The first-order valence-corrected chi connectivity index (χ1v) is 8.04. The van der Waals surface area contributed by atoms with Gasteiger partial charge in [-0.15, -0.1) is 0 Å². The Morgan fingerprint density at radius 1 is 1.10 bits per heavy atom. The number of benzene rings is 1. The van der Waals surface area contributed by atoms with Crippen LogP contribution in [0.1, 0.15) is 44.9 Å². The average Bonchev–Trinajstić information content (AvgIpc) is 2.41. The van der Waals surface area contributed by atoms with Gasteiger partial charge in [0, 0.05) is 22.6 Å². The lowest BCUT2D eigenvalue weighted by Crippen LogP contribution is -2.36. The molecule has 4 nitrogen and oxygen atoms in total. The molecule has 114 valence electrons. The van der Waals surface area contributed by atoms with Crippen molar-refractivity contribution >= 4 is 33.5 Å². The highest BCUT2D eigenvalue weighted by Gasteiger charge is 2.34. The molecule has 1 amide bonds. The smallest absolute Gasteiger partial charge is 0.224 e. The van der Waals surface area contributed by atoms with Crippen molar-refractivity contribution in [1.29, 1.82) is 0 Å². The topological polar surface area (TPSA) is 69.2 Å². The van der Waals surface area contributed by atoms with E-state index in [1.165, 1.54) is 0 Å². The summed E-state index contributed by atoms with van der Waals surface area (Å²) in [6, 6.07) is 7.34. The van der Waals surface area contributed by atoms with Crippen LogP contribution in [0.4, 0.5) is 5.69 Å². The molecule has 0 radical (unpaired) electrons. The Morgan fingerprint density at radius 2 is 1.71 bits per heavy atom. The lowest BCUT2D eigenvalue weighted by atomic mass is 9.69. The molecule has 0 spiro atoms. The average molecular weight is 353 g/mol. The predicted octanol–water partition coefficient (Wildman–Crippen LogP) is 2.87. The van der Waals surface area contributed by atoms with Gasteiger partial charge in [-0.05, 0) is 48.9 Å². The van der Waals surface area contributed by atoms with Crippen LogP contribution in [0.15, 0.2) is 28.7 Å². The third kappa shape index (κ3) is 4.84. The summed E-state index contributed by atoms with van der Waals surface area (Å²) in [5.74, 6) is -1.19. The lowest BCUT2D eigenvalue weighted by molar-refractivity contribution is -0.308. The van der Waals surface area contributed by atoms with Crippen LogP contribution in [-0.4, -0.2) is 11.9 Å². The van der Waals surface area contributed by atoms with Gasteiger partial charge in [-0.2, -0.15) is 0 Å². The second-order valence-electron chi connectivity index (χ2n) is 5.84. The minimum atomic E-state index is -1.06. The quantitative estimate of drug-likeness (QED) is 0.885. The minimum Gasteiger partial charge on any atom is -0.550 e. The summed E-state index contributed by atoms with van der Waals surface area (Å²) < 4.78 is 0.946. The predicted molar refractivity (Wildman–Crippen MR) is 82.5 cm³/mol. The molecule has 0 aromatic heterocycles. The molecule has 21 heavy (non-hydrogen) atoms. The minimum absolute atomic E-state index is 0.0270. The zero-order chi connectivity index (χ0) is 15.3. The number of carboxylic acids is 1. The Labute approximate surface area is 133 Å². The number of rotatable bonds is 5. The molecule has 2 rings (SSSR count). The van der Waals surface area contributed by atoms with Crippen LogP contribution in [0.2, 0.25) is 0 Å². The molecule has 1 N–H and O–H groups in total. The van der Waals surface area contributed by atoms with Crippen LogP contribution < -0.4 is 10.4 Å². The number of hydrogen-bond donors (Lipinski definition) is 1. The third-order valence-electron chi connectivity index (χ3n) is 4.10. The van der Waals surface area contributed by atoms with E-state index in [0.717, 1.165) is 42.3 Å². The van der Waals surface area contributed by atoms with Crippen molar-refractivity contribution in [1.82, 2.24) is 0 Å². The number of carbonyl (C=O) groups is 2. The molecule has 0 atom stereocenters. The Kier molecular flexibility index (Phi) is 5.39. The number of carboxylic acid groups (broad SMARTS) is 1. The summed E-state index contributed by atoms with van der Waals surface area (Å²) in [6.45, 7) is 0. The number of nitrogens with one attached hydrogen (secondary N) is 1. The fourth-order valence-electron chi connectivity index (χ4n) is 3.10. The molecule has 1 aliphatic rings. The normalized spacial score (nSPS) is 17.2. The molecular weight excluding hydrogens is 334 g/mol. The number of anilines is 1. The summed E-state index contributed by atoms with van der Waals surface area (Å²) in [6.07, 6.45) is 4.88. The van der Waals surface area contributed by atoms with Crippen LogP contribution in [0, 0.1) is 5.41 Å². The van der Waals surface area contributed by atoms with Crippen molar-refractivity contribution in [3.63, 3.8) is 0 Å². The van der Waals surface area contributed by atoms with Gasteiger partial charge in [0.25, 0.3) is 0 Å². The van der Waals surface area contributed by atoms with Gasteiger partial charge in [-0.25, -0.2) is 0 Å². The van der Waals surface area contributed by atoms with E-state index in [0.29, 0.717) is 0 Å². The van der Waals surface area contributed by atoms with Crippen LogP contribution in [0.5, 0.6) is 0 Å². The van der Waals surface area contributed by atoms with E-state index in [-0.39, 0.29) is 18.7 Å². The summed E-state index contributed by atoms with van der Waals surface area (Å²) in [5.41, 5.74) is 0.291. The van der Waals surface area contributed by atoms with E-state index in [2.05, 4.69) is 21.2 Å². The highest BCUT2D eigenvalue weighted by Crippen LogP contribution is 2.42. The fourth-order valence-corrected chi connectivity index (χ4v) is 3.37.